The zero-order valence-electron chi connectivity index (χ0n) is 12.1. The lowest BCUT2D eigenvalue weighted by atomic mass is 9.86. The molecule has 3 rings (SSSR count). The van der Waals surface area contributed by atoms with Gasteiger partial charge in [0.1, 0.15) is 11.6 Å². The quantitative estimate of drug-likeness (QED) is 0.891. The topological polar surface area (TPSA) is 62.5 Å². The number of benzene rings is 1. The number of carboxylic acids is 1. The van der Waals surface area contributed by atoms with Crippen molar-refractivity contribution in [1.82, 2.24) is 0 Å². The van der Waals surface area contributed by atoms with Gasteiger partial charge < -0.3 is 14.8 Å². The van der Waals surface area contributed by atoms with Crippen LogP contribution in [0.25, 0.3) is 11.3 Å². The number of hydrogen-bond acceptors (Lipinski definition) is 3. The second-order valence-corrected chi connectivity index (χ2v) is 5.70. The molecule has 0 amide bonds. The van der Waals surface area contributed by atoms with Crippen LogP contribution in [0.15, 0.2) is 41.0 Å². The molecule has 1 aliphatic rings. The van der Waals surface area contributed by atoms with Crippen LogP contribution in [0.4, 0.5) is 10.1 Å². The number of aliphatic carboxylic acids is 1. The Kier molecular flexibility index (Phi) is 4.13. The molecule has 4 nitrogen and oxygen atoms in total. The summed E-state index contributed by atoms with van der Waals surface area (Å²) in [6, 6.07) is 8.64. The van der Waals surface area contributed by atoms with Crippen LogP contribution in [-0.4, -0.2) is 17.1 Å². The molecule has 1 aliphatic carbocycles. The summed E-state index contributed by atoms with van der Waals surface area (Å²) >= 11 is 0. The number of carboxylic acid groups (broad SMARTS) is 1. The molecule has 116 valence electrons. The second-order valence-electron chi connectivity index (χ2n) is 5.70. The van der Waals surface area contributed by atoms with Gasteiger partial charge in [-0.05, 0) is 56.0 Å². The maximum Gasteiger partial charge on any atom is 0.306 e. The smallest absolute Gasteiger partial charge is 0.306 e. The predicted octanol–water partition coefficient (Wildman–Crippen LogP) is 4.14. The van der Waals surface area contributed by atoms with Crippen LogP contribution in [0.2, 0.25) is 0 Å². The van der Waals surface area contributed by atoms with E-state index < -0.39 is 5.97 Å². The highest BCUT2D eigenvalue weighted by atomic mass is 19.1. The molecule has 0 atom stereocenters. The lowest BCUT2D eigenvalue weighted by Crippen LogP contribution is -2.29. The van der Waals surface area contributed by atoms with Gasteiger partial charge in [-0.25, -0.2) is 4.39 Å². The van der Waals surface area contributed by atoms with E-state index in [1.165, 1.54) is 6.07 Å². The molecule has 2 aromatic rings. The first-order valence-corrected chi connectivity index (χ1v) is 7.46. The number of hydrogen-bond donors (Lipinski definition) is 2. The third-order valence-electron chi connectivity index (χ3n) is 4.21. The van der Waals surface area contributed by atoms with E-state index in [9.17, 15) is 9.18 Å². The van der Waals surface area contributed by atoms with Gasteiger partial charge in [0.05, 0.1) is 17.9 Å². The molecular weight excluding hydrogens is 285 g/mol. The molecule has 1 saturated carbocycles. The molecule has 0 saturated heterocycles. The third kappa shape index (κ3) is 3.13. The Bertz CT molecular complexity index is 646. The zero-order valence-corrected chi connectivity index (χ0v) is 12.1. The minimum absolute atomic E-state index is 0.125. The largest absolute Gasteiger partial charge is 0.481 e. The van der Waals surface area contributed by atoms with Crippen LogP contribution < -0.4 is 5.32 Å². The summed E-state index contributed by atoms with van der Waals surface area (Å²) < 4.78 is 19.5. The Morgan fingerprint density at radius 3 is 2.59 bits per heavy atom. The monoisotopic (exact) mass is 303 g/mol. The van der Waals surface area contributed by atoms with Crippen LogP contribution in [-0.2, 0) is 4.79 Å². The molecule has 0 aliphatic heterocycles. The summed E-state index contributed by atoms with van der Waals surface area (Å²) in [5.74, 6) is -0.682. The van der Waals surface area contributed by atoms with E-state index in [0.29, 0.717) is 29.9 Å². The fourth-order valence-electron chi connectivity index (χ4n) is 2.93. The highest BCUT2D eigenvalue weighted by Gasteiger charge is 2.26. The summed E-state index contributed by atoms with van der Waals surface area (Å²) in [7, 11) is 0. The van der Waals surface area contributed by atoms with Crippen molar-refractivity contribution >= 4 is 11.7 Å². The molecule has 0 bridgehead atoms. The first-order valence-electron chi connectivity index (χ1n) is 7.46. The normalized spacial score (nSPS) is 21.5. The van der Waals surface area contributed by atoms with Crippen LogP contribution in [0.3, 0.4) is 0 Å². The van der Waals surface area contributed by atoms with Gasteiger partial charge in [0, 0.05) is 11.6 Å². The van der Waals surface area contributed by atoms with Crippen LogP contribution in [0, 0.1) is 11.7 Å². The van der Waals surface area contributed by atoms with Crippen molar-refractivity contribution in [2.24, 2.45) is 5.92 Å². The van der Waals surface area contributed by atoms with E-state index in [-0.39, 0.29) is 17.8 Å². The zero-order chi connectivity index (χ0) is 15.5. The molecule has 1 aromatic heterocycles. The maximum atomic E-state index is 14.2. The molecule has 5 heteroatoms. The maximum absolute atomic E-state index is 14.2. The number of carbonyl (C=O) groups is 1. The van der Waals surface area contributed by atoms with Gasteiger partial charge in [-0.3, -0.25) is 4.79 Å². The standard InChI is InChI=1S/C17H18FNO3/c18-14-10-12(16-2-1-9-22-16)5-8-15(14)19-13-6-3-11(4-7-13)17(20)21/h1-2,5,8-11,13,19H,3-4,6-7H2,(H,20,21). The average Bonchev–Trinajstić information content (AvgIpc) is 3.04. The summed E-state index contributed by atoms with van der Waals surface area (Å²) in [6.45, 7) is 0. The molecule has 0 radical (unpaired) electrons. The van der Waals surface area contributed by atoms with E-state index in [1.807, 2.05) is 6.07 Å². The van der Waals surface area contributed by atoms with Gasteiger partial charge in [0.15, 0.2) is 0 Å². The van der Waals surface area contributed by atoms with Crippen molar-refractivity contribution < 1.29 is 18.7 Å². The van der Waals surface area contributed by atoms with Crippen molar-refractivity contribution in [3.63, 3.8) is 0 Å². The summed E-state index contributed by atoms with van der Waals surface area (Å²) in [4.78, 5) is 10.9. The summed E-state index contributed by atoms with van der Waals surface area (Å²) in [6.07, 6.45) is 4.32. The number of halogens is 1. The Morgan fingerprint density at radius 1 is 1.23 bits per heavy atom. The van der Waals surface area contributed by atoms with E-state index in [1.54, 1.807) is 24.5 Å². The number of anilines is 1. The van der Waals surface area contributed by atoms with E-state index in [4.69, 9.17) is 9.52 Å². The Hall–Kier alpha value is -2.30. The second kappa shape index (κ2) is 6.22. The fraction of sp³-hybridized carbons (Fsp3) is 0.353. The summed E-state index contributed by atoms with van der Waals surface area (Å²) in [5.41, 5.74) is 1.15. The van der Waals surface area contributed by atoms with Gasteiger partial charge in [-0.15, -0.1) is 0 Å². The average molecular weight is 303 g/mol. The van der Waals surface area contributed by atoms with E-state index >= 15 is 0 Å². The molecule has 0 unspecified atom stereocenters. The Balaban J connectivity index is 1.65. The molecule has 2 N–H and O–H groups in total. The van der Waals surface area contributed by atoms with Gasteiger partial charge in [0.2, 0.25) is 0 Å². The number of rotatable bonds is 4. The minimum Gasteiger partial charge on any atom is -0.481 e. The van der Waals surface area contributed by atoms with Crippen LogP contribution >= 0.6 is 0 Å². The molecular formula is C17H18FNO3. The van der Waals surface area contributed by atoms with Crippen molar-refractivity contribution in [3.8, 4) is 11.3 Å². The molecule has 1 heterocycles. The SMILES string of the molecule is O=C(O)C1CCC(Nc2ccc(-c3ccco3)cc2F)CC1. The van der Waals surface area contributed by atoms with Crippen molar-refractivity contribution in [2.75, 3.05) is 5.32 Å². The molecule has 1 fully saturated rings. The lowest BCUT2D eigenvalue weighted by Gasteiger charge is -2.27. The number of nitrogens with one attached hydrogen (secondary N) is 1. The molecule has 0 spiro atoms. The lowest BCUT2D eigenvalue weighted by molar-refractivity contribution is -0.142. The van der Waals surface area contributed by atoms with Crippen LogP contribution in [0.1, 0.15) is 25.7 Å². The van der Waals surface area contributed by atoms with Crippen molar-refractivity contribution in [3.05, 3.63) is 42.4 Å². The predicted molar refractivity (Wildman–Crippen MR) is 81.1 cm³/mol. The third-order valence-corrected chi connectivity index (χ3v) is 4.21. The van der Waals surface area contributed by atoms with Gasteiger partial charge in [-0.1, -0.05) is 0 Å². The molecule has 1 aromatic carbocycles. The minimum atomic E-state index is -0.729. The Morgan fingerprint density at radius 2 is 2.00 bits per heavy atom. The fourth-order valence-corrected chi connectivity index (χ4v) is 2.93. The van der Waals surface area contributed by atoms with Gasteiger partial charge >= 0.3 is 5.97 Å². The molecule has 22 heavy (non-hydrogen) atoms. The van der Waals surface area contributed by atoms with Crippen LogP contribution in [0.5, 0.6) is 0 Å². The first-order chi connectivity index (χ1) is 10.6. The summed E-state index contributed by atoms with van der Waals surface area (Å²) in [5, 5.41) is 12.2. The highest BCUT2D eigenvalue weighted by molar-refractivity contribution is 5.70. The first kappa shape index (κ1) is 14.6. The van der Waals surface area contributed by atoms with E-state index in [0.717, 1.165) is 12.8 Å². The van der Waals surface area contributed by atoms with Gasteiger partial charge in [-0.2, -0.15) is 0 Å². The van der Waals surface area contributed by atoms with Crippen molar-refractivity contribution in [1.29, 1.82) is 0 Å². The van der Waals surface area contributed by atoms with Crippen molar-refractivity contribution in [2.45, 2.75) is 31.7 Å². The Labute approximate surface area is 128 Å². The van der Waals surface area contributed by atoms with E-state index in [2.05, 4.69) is 5.32 Å². The van der Waals surface area contributed by atoms with Gasteiger partial charge in [0.25, 0.3) is 0 Å². The highest BCUT2D eigenvalue weighted by Crippen LogP contribution is 2.29. The number of furan rings is 1.